The van der Waals surface area contributed by atoms with Crippen molar-refractivity contribution >= 4 is 5.91 Å². The van der Waals surface area contributed by atoms with Gasteiger partial charge in [-0.3, -0.25) is 14.7 Å². The van der Waals surface area contributed by atoms with Crippen LogP contribution >= 0.6 is 0 Å². The highest BCUT2D eigenvalue weighted by Crippen LogP contribution is 2.56. The highest BCUT2D eigenvalue weighted by molar-refractivity contribution is 5.84. The minimum absolute atomic E-state index is 0.0728. The first-order valence-electron chi connectivity index (χ1n) is 13.0. The average molecular weight is 482 g/mol. The number of hydrogen-bond acceptors (Lipinski definition) is 3. The second-order valence-corrected chi connectivity index (χ2v) is 11.4. The Morgan fingerprint density at radius 2 is 2.09 bits per heavy atom. The molecule has 3 atom stereocenters. The number of amides is 1. The van der Waals surface area contributed by atoms with Gasteiger partial charge in [-0.25, -0.2) is 8.78 Å². The maximum atomic E-state index is 14.1. The predicted molar refractivity (Wildman–Crippen MR) is 133 cm³/mol. The van der Waals surface area contributed by atoms with Crippen molar-refractivity contribution in [3.63, 3.8) is 0 Å². The number of hydrogen-bond donors (Lipinski definition) is 0. The third kappa shape index (κ3) is 4.50. The smallest absolute Gasteiger partial charge is 0.272 e. The van der Waals surface area contributed by atoms with Crippen molar-refractivity contribution < 1.29 is 13.6 Å². The number of benzene rings is 1. The molecule has 4 nitrogen and oxygen atoms in total. The van der Waals surface area contributed by atoms with E-state index in [0.717, 1.165) is 56.8 Å². The summed E-state index contributed by atoms with van der Waals surface area (Å²) in [5.74, 6) is -2.28. The summed E-state index contributed by atoms with van der Waals surface area (Å²) in [5, 5.41) is 0. The van der Waals surface area contributed by atoms with Crippen LogP contribution < -0.4 is 0 Å². The number of carbonyl (C=O) groups excluding carboxylic acids is 1. The molecule has 0 N–H and O–H groups in total. The lowest BCUT2D eigenvalue weighted by molar-refractivity contribution is -0.144. The zero-order chi connectivity index (χ0) is 25.0. The number of aryl methyl sites for hydroxylation is 2. The van der Waals surface area contributed by atoms with Gasteiger partial charge in [-0.2, -0.15) is 0 Å². The van der Waals surface area contributed by atoms with Gasteiger partial charge in [-0.1, -0.05) is 30.2 Å². The highest BCUT2D eigenvalue weighted by atomic mass is 19.3. The van der Waals surface area contributed by atoms with Crippen LogP contribution in [0.5, 0.6) is 0 Å². The maximum Gasteiger partial charge on any atom is 0.272 e. The first kappa shape index (κ1) is 24.4. The van der Waals surface area contributed by atoms with Crippen molar-refractivity contribution in [1.29, 1.82) is 0 Å². The van der Waals surface area contributed by atoms with Crippen LogP contribution in [0.15, 0.2) is 30.5 Å². The minimum atomic E-state index is -2.93. The molecule has 3 aliphatic rings. The molecular weight excluding hydrogens is 444 g/mol. The van der Waals surface area contributed by atoms with E-state index in [0.29, 0.717) is 31.5 Å². The molecule has 2 saturated carbocycles. The Morgan fingerprint density at radius 1 is 1.29 bits per heavy atom. The number of pyridine rings is 1. The molecule has 1 aromatic heterocycles. The molecule has 1 amide bonds. The molecule has 0 saturated heterocycles. The Bertz CT molecular complexity index is 1130. The first-order chi connectivity index (χ1) is 16.6. The lowest BCUT2D eigenvalue weighted by atomic mass is 9.78. The molecule has 2 heterocycles. The lowest BCUT2D eigenvalue weighted by Gasteiger charge is -2.38. The number of aromatic nitrogens is 1. The summed E-state index contributed by atoms with van der Waals surface area (Å²) in [6.45, 7) is 7.11. The van der Waals surface area contributed by atoms with Gasteiger partial charge < -0.3 is 4.90 Å². The third-order valence-electron chi connectivity index (χ3n) is 8.91. The van der Waals surface area contributed by atoms with Crippen molar-refractivity contribution in [2.45, 2.75) is 84.4 Å². The summed E-state index contributed by atoms with van der Waals surface area (Å²) in [6.07, 6.45) is 7.03. The minimum Gasteiger partial charge on any atom is -0.337 e. The van der Waals surface area contributed by atoms with Gasteiger partial charge in [0.15, 0.2) is 0 Å². The molecular formula is C29H37F2N3O. The third-order valence-corrected chi connectivity index (χ3v) is 8.91. The second kappa shape index (κ2) is 8.95. The molecule has 6 heteroatoms. The number of fused-ring (bicyclic) bond motifs is 2. The van der Waals surface area contributed by atoms with Gasteiger partial charge in [0.25, 0.3) is 5.92 Å². The van der Waals surface area contributed by atoms with E-state index < -0.39 is 5.92 Å². The van der Waals surface area contributed by atoms with Gasteiger partial charge in [-0.05, 0) is 75.3 Å². The summed E-state index contributed by atoms with van der Waals surface area (Å²) in [5.41, 5.74) is 5.19. The molecule has 5 rings (SSSR count). The van der Waals surface area contributed by atoms with Gasteiger partial charge in [-0.15, -0.1) is 0 Å². The number of alkyl halides is 2. The van der Waals surface area contributed by atoms with Gasteiger partial charge in [0.05, 0.1) is 5.41 Å². The molecule has 0 radical (unpaired) electrons. The first-order valence-corrected chi connectivity index (χ1v) is 13.0. The molecule has 2 aromatic rings. The van der Waals surface area contributed by atoms with Crippen LogP contribution in [0.25, 0.3) is 0 Å². The van der Waals surface area contributed by atoms with Crippen molar-refractivity contribution in [1.82, 2.24) is 14.8 Å². The van der Waals surface area contributed by atoms with E-state index >= 15 is 0 Å². The fourth-order valence-electron chi connectivity index (χ4n) is 6.87. The summed E-state index contributed by atoms with van der Waals surface area (Å²) in [7, 11) is 2.19. The predicted octanol–water partition coefficient (Wildman–Crippen LogP) is 5.78. The Kier molecular flexibility index (Phi) is 6.23. The fraction of sp³-hybridized carbons (Fsp3) is 0.586. The van der Waals surface area contributed by atoms with Crippen molar-refractivity contribution in [3.05, 3.63) is 64.0 Å². The normalized spacial score (nSPS) is 26.2. The van der Waals surface area contributed by atoms with Crippen LogP contribution in [0.4, 0.5) is 8.78 Å². The average Bonchev–Trinajstić information content (AvgIpc) is 3.38. The number of halogens is 2. The van der Waals surface area contributed by atoms with Crippen molar-refractivity contribution in [3.8, 4) is 0 Å². The van der Waals surface area contributed by atoms with E-state index in [4.69, 9.17) is 0 Å². The molecule has 35 heavy (non-hydrogen) atoms. The number of carbonyl (C=O) groups is 1. The zero-order valence-electron chi connectivity index (χ0n) is 21.4. The van der Waals surface area contributed by atoms with Crippen LogP contribution in [0.1, 0.15) is 72.5 Å². The molecule has 2 aliphatic carbocycles. The van der Waals surface area contributed by atoms with Gasteiger partial charge in [0.1, 0.15) is 0 Å². The zero-order valence-corrected chi connectivity index (χ0v) is 21.4. The fourth-order valence-corrected chi connectivity index (χ4v) is 6.87. The van der Waals surface area contributed by atoms with Crippen LogP contribution in [0.3, 0.4) is 0 Å². The van der Waals surface area contributed by atoms with Crippen LogP contribution in [-0.2, 0) is 30.2 Å². The lowest BCUT2D eigenvalue weighted by Crippen LogP contribution is -2.47. The molecule has 0 bridgehead atoms. The molecule has 0 spiro atoms. The summed E-state index contributed by atoms with van der Waals surface area (Å²) in [4.78, 5) is 22.7. The van der Waals surface area contributed by atoms with E-state index in [2.05, 4.69) is 49.0 Å². The van der Waals surface area contributed by atoms with E-state index in [1.165, 1.54) is 22.9 Å². The Hall–Kier alpha value is -2.34. The standard InChI is InChI=1S/C29H37F2N3O/c1-19-7-8-21(20(2)12-19)17-33(4)25-14-23-6-5-10-29(23,15-25)27(35)34-11-9-26-22(18-34)13-24(16-32-26)28(3,30)31/h7-8,12-13,16,23,25H,5-6,9-11,14-15,17-18H2,1-4H3. The molecule has 1 aliphatic heterocycles. The largest absolute Gasteiger partial charge is 0.337 e. The highest BCUT2D eigenvalue weighted by Gasteiger charge is 2.56. The topological polar surface area (TPSA) is 36.4 Å². The molecule has 188 valence electrons. The van der Waals surface area contributed by atoms with E-state index in [-0.39, 0.29) is 16.9 Å². The number of rotatable bonds is 5. The van der Waals surface area contributed by atoms with Crippen LogP contribution in [0.2, 0.25) is 0 Å². The monoisotopic (exact) mass is 481 g/mol. The van der Waals surface area contributed by atoms with E-state index in [9.17, 15) is 13.6 Å². The maximum absolute atomic E-state index is 14.1. The molecule has 3 unspecified atom stereocenters. The van der Waals surface area contributed by atoms with E-state index in [1.54, 1.807) is 6.07 Å². The molecule has 1 aromatic carbocycles. The molecule has 2 fully saturated rings. The Balaban J connectivity index is 1.32. The van der Waals surface area contributed by atoms with Crippen LogP contribution in [-0.4, -0.2) is 40.3 Å². The summed E-state index contributed by atoms with van der Waals surface area (Å²) < 4.78 is 27.8. The van der Waals surface area contributed by atoms with Crippen LogP contribution in [0, 0.1) is 25.2 Å². The van der Waals surface area contributed by atoms with Crippen molar-refractivity contribution in [2.75, 3.05) is 13.6 Å². The van der Waals surface area contributed by atoms with Gasteiger partial charge in [0.2, 0.25) is 5.91 Å². The van der Waals surface area contributed by atoms with Gasteiger partial charge in [0, 0.05) is 56.5 Å². The summed E-state index contributed by atoms with van der Waals surface area (Å²) >= 11 is 0. The Labute approximate surface area is 207 Å². The van der Waals surface area contributed by atoms with E-state index in [1.807, 2.05) is 4.90 Å². The summed E-state index contributed by atoms with van der Waals surface area (Å²) in [6, 6.07) is 8.58. The van der Waals surface area contributed by atoms with Gasteiger partial charge >= 0.3 is 0 Å². The van der Waals surface area contributed by atoms with Crippen molar-refractivity contribution in [2.24, 2.45) is 11.3 Å². The SMILES string of the molecule is Cc1ccc(CN(C)C2CC3CCCC3(C(=O)N3CCc4ncc(C(C)(F)F)cc4C3)C2)c(C)c1. The Morgan fingerprint density at radius 3 is 2.83 bits per heavy atom. The quantitative estimate of drug-likeness (QED) is 0.544. The number of nitrogens with zero attached hydrogens (tertiary/aromatic N) is 3. The second-order valence-electron chi connectivity index (χ2n) is 11.4.